The third-order valence-corrected chi connectivity index (χ3v) is 2.24. The fraction of sp³-hybridized carbons (Fsp3) is 0.667. The molecular formula is C9H17N3O. The van der Waals surface area contributed by atoms with Crippen LogP contribution in [0.2, 0.25) is 0 Å². The van der Waals surface area contributed by atoms with Gasteiger partial charge in [-0.2, -0.15) is 5.10 Å². The summed E-state index contributed by atoms with van der Waals surface area (Å²) in [6.45, 7) is 5.32. The molecule has 1 aromatic rings. The fourth-order valence-corrected chi connectivity index (χ4v) is 1.42. The van der Waals surface area contributed by atoms with Crippen molar-refractivity contribution in [1.29, 1.82) is 0 Å². The minimum absolute atomic E-state index is 0.467. The van der Waals surface area contributed by atoms with E-state index in [1.165, 1.54) is 0 Å². The SMILES string of the molecule is CCn1ncc(C(O)CCN)c1C. The molecule has 1 aromatic heterocycles. The number of aliphatic hydroxyl groups excluding tert-OH is 1. The predicted octanol–water partition coefficient (Wildman–Crippen LogP) is 0.594. The molecule has 0 radical (unpaired) electrons. The van der Waals surface area contributed by atoms with Crippen molar-refractivity contribution in [3.63, 3.8) is 0 Å². The molecule has 0 amide bonds. The van der Waals surface area contributed by atoms with Crippen LogP contribution < -0.4 is 5.73 Å². The Labute approximate surface area is 78.4 Å². The lowest BCUT2D eigenvalue weighted by Gasteiger charge is -2.08. The summed E-state index contributed by atoms with van der Waals surface area (Å²) >= 11 is 0. The van der Waals surface area contributed by atoms with Gasteiger partial charge in [0.05, 0.1) is 12.3 Å². The van der Waals surface area contributed by atoms with E-state index < -0.39 is 6.10 Å². The van der Waals surface area contributed by atoms with E-state index >= 15 is 0 Å². The monoisotopic (exact) mass is 183 g/mol. The molecule has 0 aliphatic carbocycles. The lowest BCUT2D eigenvalue weighted by Crippen LogP contribution is -2.08. The first-order chi connectivity index (χ1) is 6.20. The number of aryl methyl sites for hydroxylation is 1. The zero-order valence-corrected chi connectivity index (χ0v) is 8.20. The third kappa shape index (κ3) is 2.08. The second kappa shape index (κ2) is 4.39. The summed E-state index contributed by atoms with van der Waals surface area (Å²) in [5.41, 5.74) is 7.30. The standard InChI is InChI=1S/C9H17N3O/c1-3-12-7(2)8(6-11-12)9(13)4-5-10/h6,9,13H,3-5,10H2,1-2H3. The summed E-state index contributed by atoms with van der Waals surface area (Å²) in [6.07, 6.45) is 1.85. The van der Waals surface area contributed by atoms with Crippen molar-refractivity contribution in [2.45, 2.75) is 32.9 Å². The molecule has 0 saturated carbocycles. The van der Waals surface area contributed by atoms with Crippen LogP contribution in [0.1, 0.15) is 30.7 Å². The Hall–Kier alpha value is -0.870. The molecule has 0 aliphatic heterocycles. The van der Waals surface area contributed by atoms with Crippen LogP contribution in [0, 0.1) is 6.92 Å². The second-order valence-corrected chi connectivity index (χ2v) is 3.09. The van der Waals surface area contributed by atoms with Gasteiger partial charge in [-0.15, -0.1) is 0 Å². The first-order valence-electron chi connectivity index (χ1n) is 4.61. The van der Waals surface area contributed by atoms with Gasteiger partial charge >= 0.3 is 0 Å². The highest BCUT2D eigenvalue weighted by Gasteiger charge is 2.12. The number of nitrogens with two attached hydrogens (primary N) is 1. The van der Waals surface area contributed by atoms with Crippen LogP contribution in [0.3, 0.4) is 0 Å². The summed E-state index contributed by atoms with van der Waals surface area (Å²) in [4.78, 5) is 0. The Morgan fingerprint density at radius 1 is 1.69 bits per heavy atom. The molecule has 3 N–H and O–H groups in total. The number of hydrogen-bond acceptors (Lipinski definition) is 3. The summed E-state index contributed by atoms with van der Waals surface area (Å²) in [5.74, 6) is 0. The molecule has 0 aliphatic rings. The highest BCUT2D eigenvalue weighted by atomic mass is 16.3. The van der Waals surface area contributed by atoms with E-state index in [0.29, 0.717) is 13.0 Å². The number of hydrogen-bond donors (Lipinski definition) is 2. The molecule has 0 aromatic carbocycles. The van der Waals surface area contributed by atoms with Gasteiger partial charge in [0.2, 0.25) is 0 Å². The normalized spacial score (nSPS) is 13.2. The van der Waals surface area contributed by atoms with Crippen molar-refractivity contribution in [2.75, 3.05) is 6.54 Å². The average Bonchev–Trinajstić information content (AvgIpc) is 2.47. The highest BCUT2D eigenvalue weighted by molar-refractivity contribution is 5.18. The number of aliphatic hydroxyl groups is 1. The van der Waals surface area contributed by atoms with E-state index in [2.05, 4.69) is 5.10 Å². The largest absolute Gasteiger partial charge is 0.388 e. The van der Waals surface area contributed by atoms with Gasteiger partial charge in [-0.25, -0.2) is 0 Å². The number of aromatic nitrogens is 2. The van der Waals surface area contributed by atoms with Crippen molar-refractivity contribution in [3.05, 3.63) is 17.5 Å². The Kier molecular flexibility index (Phi) is 3.45. The van der Waals surface area contributed by atoms with Crippen LogP contribution >= 0.6 is 0 Å². The lowest BCUT2D eigenvalue weighted by atomic mass is 10.1. The quantitative estimate of drug-likeness (QED) is 0.718. The van der Waals surface area contributed by atoms with Gasteiger partial charge < -0.3 is 10.8 Å². The van der Waals surface area contributed by atoms with Crippen LogP contribution in [0.25, 0.3) is 0 Å². The Morgan fingerprint density at radius 3 is 2.85 bits per heavy atom. The van der Waals surface area contributed by atoms with Gasteiger partial charge in [0.15, 0.2) is 0 Å². The van der Waals surface area contributed by atoms with E-state index in [1.54, 1.807) is 6.20 Å². The van der Waals surface area contributed by atoms with E-state index in [9.17, 15) is 5.11 Å². The van der Waals surface area contributed by atoms with E-state index in [0.717, 1.165) is 17.8 Å². The first kappa shape index (κ1) is 10.2. The molecule has 0 spiro atoms. The minimum Gasteiger partial charge on any atom is -0.388 e. The van der Waals surface area contributed by atoms with Crippen LogP contribution in [0.15, 0.2) is 6.20 Å². The third-order valence-electron chi connectivity index (χ3n) is 2.24. The Morgan fingerprint density at radius 2 is 2.38 bits per heavy atom. The van der Waals surface area contributed by atoms with E-state index in [-0.39, 0.29) is 0 Å². The van der Waals surface area contributed by atoms with Gasteiger partial charge in [0.1, 0.15) is 0 Å². The second-order valence-electron chi connectivity index (χ2n) is 3.09. The predicted molar refractivity (Wildman–Crippen MR) is 51.3 cm³/mol. The maximum atomic E-state index is 9.68. The lowest BCUT2D eigenvalue weighted by molar-refractivity contribution is 0.169. The first-order valence-corrected chi connectivity index (χ1v) is 4.61. The Bertz CT molecular complexity index is 270. The number of rotatable bonds is 4. The number of nitrogens with zero attached hydrogens (tertiary/aromatic N) is 2. The van der Waals surface area contributed by atoms with Crippen molar-refractivity contribution in [3.8, 4) is 0 Å². The van der Waals surface area contributed by atoms with Gasteiger partial charge in [-0.1, -0.05) is 0 Å². The van der Waals surface area contributed by atoms with Crippen molar-refractivity contribution in [2.24, 2.45) is 5.73 Å². The van der Waals surface area contributed by atoms with Gasteiger partial charge in [-0.05, 0) is 26.8 Å². The minimum atomic E-state index is -0.467. The molecule has 74 valence electrons. The van der Waals surface area contributed by atoms with Crippen molar-refractivity contribution < 1.29 is 5.11 Å². The highest BCUT2D eigenvalue weighted by Crippen LogP contribution is 2.19. The molecule has 0 fully saturated rings. The van der Waals surface area contributed by atoms with Crippen LogP contribution in [0.4, 0.5) is 0 Å². The molecule has 1 heterocycles. The molecule has 13 heavy (non-hydrogen) atoms. The molecule has 4 heteroatoms. The summed E-state index contributed by atoms with van der Waals surface area (Å²) in [5, 5.41) is 13.8. The topological polar surface area (TPSA) is 64.1 Å². The summed E-state index contributed by atoms with van der Waals surface area (Å²) in [6, 6.07) is 0. The Balaban J connectivity index is 2.82. The van der Waals surface area contributed by atoms with Crippen molar-refractivity contribution >= 4 is 0 Å². The molecule has 4 nitrogen and oxygen atoms in total. The van der Waals surface area contributed by atoms with Crippen LogP contribution in [0.5, 0.6) is 0 Å². The zero-order chi connectivity index (χ0) is 9.84. The fourth-order valence-electron chi connectivity index (χ4n) is 1.42. The van der Waals surface area contributed by atoms with Gasteiger partial charge in [0.25, 0.3) is 0 Å². The summed E-state index contributed by atoms with van der Waals surface area (Å²) in [7, 11) is 0. The molecule has 0 bridgehead atoms. The molecule has 1 rings (SSSR count). The van der Waals surface area contributed by atoms with E-state index in [1.807, 2.05) is 18.5 Å². The van der Waals surface area contributed by atoms with Gasteiger partial charge in [-0.3, -0.25) is 4.68 Å². The zero-order valence-electron chi connectivity index (χ0n) is 8.20. The molecule has 1 atom stereocenters. The van der Waals surface area contributed by atoms with Gasteiger partial charge in [0, 0.05) is 17.8 Å². The molecule has 0 saturated heterocycles. The van der Waals surface area contributed by atoms with Crippen LogP contribution in [-0.4, -0.2) is 21.4 Å². The van der Waals surface area contributed by atoms with Crippen molar-refractivity contribution in [1.82, 2.24) is 9.78 Å². The average molecular weight is 183 g/mol. The molecule has 1 unspecified atom stereocenters. The maximum absolute atomic E-state index is 9.68. The smallest absolute Gasteiger partial charge is 0.0835 e. The molecular weight excluding hydrogens is 166 g/mol. The summed E-state index contributed by atoms with van der Waals surface area (Å²) < 4.78 is 1.87. The van der Waals surface area contributed by atoms with Crippen LogP contribution in [-0.2, 0) is 6.54 Å². The maximum Gasteiger partial charge on any atom is 0.0835 e. The van der Waals surface area contributed by atoms with E-state index in [4.69, 9.17) is 5.73 Å².